The first-order valence-electron chi connectivity index (χ1n) is 9.12. The number of carbonyl (C=O) groups excluding carboxylic acids is 2. The van der Waals surface area contributed by atoms with Gasteiger partial charge in [-0.25, -0.2) is 9.37 Å². The maximum absolute atomic E-state index is 13.2. The Balaban J connectivity index is 1.53. The molecular formula is C19H20FN5O2S. The highest BCUT2D eigenvalue weighted by Gasteiger charge is 2.35. The van der Waals surface area contributed by atoms with Gasteiger partial charge in [-0.15, -0.1) is 11.3 Å². The van der Waals surface area contributed by atoms with Crippen molar-refractivity contribution in [1.29, 1.82) is 0 Å². The van der Waals surface area contributed by atoms with Gasteiger partial charge in [0.25, 0.3) is 5.91 Å². The Morgan fingerprint density at radius 2 is 2.04 bits per heavy atom. The summed E-state index contributed by atoms with van der Waals surface area (Å²) < 4.78 is 13.2. The molecular weight excluding hydrogens is 381 g/mol. The van der Waals surface area contributed by atoms with Gasteiger partial charge < -0.3 is 5.73 Å². The van der Waals surface area contributed by atoms with Crippen LogP contribution in [-0.4, -0.2) is 28.6 Å². The molecule has 0 saturated heterocycles. The highest BCUT2D eigenvalue weighted by molar-refractivity contribution is 7.16. The van der Waals surface area contributed by atoms with Crippen molar-refractivity contribution in [3.05, 3.63) is 40.7 Å². The number of benzene rings is 1. The molecule has 0 fully saturated rings. The van der Waals surface area contributed by atoms with E-state index in [9.17, 15) is 14.0 Å². The topological polar surface area (TPSA) is 101 Å². The minimum Gasteiger partial charge on any atom is -0.368 e. The van der Waals surface area contributed by atoms with Crippen LogP contribution in [0.1, 0.15) is 30.3 Å². The fourth-order valence-electron chi connectivity index (χ4n) is 3.46. The number of aryl methyl sites for hydroxylation is 1. The van der Waals surface area contributed by atoms with Gasteiger partial charge in [-0.1, -0.05) is 6.92 Å². The smallest absolute Gasteiger partial charge is 0.273 e. The lowest BCUT2D eigenvalue weighted by molar-refractivity contribution is -0.119. The van der Waals surface area contributed by atoms with Crippen molar-refractivity contribution in [1.82, 2.24) is 4.98 Å². The highest BCUT2D eigenvalue weighted by Crippen LogP contribution is 2.32. The molecule has 2 aliphatic rings. The Morgan fingerprint density at radius 1 is 1.29 bits per heavy atom. The van der Waals surface area contributed by atoms with Crippen molar-refractivity contribution in [2.75, 3.05) is 10.3 Å². The SMILES string of the molecule is C[C@H]1CCc2nc(NC(=O)C3=NN(c4ccc(F)cc4)[C@H](C(N)=O)C3)sc2C1. The molecule has 0 bridgehead atoms. The maximum atomic E-state index is 13.2. The summed E-state index contributed by atoms with van der Waals surface area (Å²) in [6, 6.07) is 4.72. The predicted molar refractivity (Wildman–Crippen MR) is 106 cm³/mol. The zero-order valence-electron chi connectivity index (χ0n) is 15.3. The minimum atomic E-state index is -0.795. The van der Waals surface area contributed by atoms with E-state index in [4.69, 9.17) is 5.73 Å². The van der Waals surface area contributed by atoms with Crippen LogP contribution in [0.3, 0.4) is 0 Å². The second-order valence-electron chi connectivity index (χ2n) is 7.18. The van der Waals surface area contributed by atoms with Gasteiger partial charge in [0, 0.05) is 11.3 Å². The van der Waals surface area contributed by atoms with E-state index < -0.39 is 23.7 Å². The molecule has 0 saturated carbocycles. The number of fused-ring (bicyclic) bond motifs is 1. The van der Waals surface area contributed by atoms with E-state index in [1.165, 1.54) is 45.5 Å². The number of halogens is 1. The molecule has 4 rings (SSSR count). The quantitative estimate of drug-likeness (QED) is 0.822. The number of anilines is 2. The first-order valence-corrected chi connectivity index (χ1v) is 9.94. The Bertz CT molecular complexity index is 956. The molecule has 1 aromatic carbocycles. The number of amides is 2. The Hall–Kier alpha value is -2.81. The van der Waals surface area contributed by atoms with Gasteiger partial charge in [0.1, 0.15) is 17.6 Å². The minimum absolute atomic E-state index is 0.0840. The third-order valence-corrected chi connectivity index (χ3v) is 6.03. The molecule has 1 aliphatic carbocycles. The van der Waals surface area contributed by atoms with Crippen LogP contribution in [0.15, 0.2) is 29.4 Å². The molecule has 146 valence electrons. The predicted octanol–water partition coefficient (Wildman–Crippen LogP) is 2.47. The molecule has 0 unspecified atom stereocenters. The summed E-state index contributed by atoms with van der Waals surface area (Å²) in [5.74, 6) is -0.788. The van der Waals surface area contributed by atoms with Gasteiger partial charge in [0.05, 0.1) is 11.4 Å². The molecule has 7 nitrogen and oxygen atoms in total. The van der Waals surface area contributed by atoms with Gasteiger partial charge in [0.15, 0.2) is 5.13 Å². The lowest BCUT2D eigenvalue weighted by Gasteiger charge is -2.20. The third kappa shape index (κ3) is 3.62. The van der Waals surface area contributed by atoms with Crippen LogP contribution >= 0.6 is 11.3 Å². The van der Waals surface area contributed by atoms with Crippen molar-refractivity contribution >= 4 is 39.7 Å². The largest absolute Gasteiger partial charge is 0.368 e. The summed E-state index contributed by atoms with van der Waals surface area (Å²) in [6.07, 6.45) is 3.09. The standard InChI is InChI=1S/C19H20FN5O2S/c1-10-2-7-13-16(8-10)28-19(22-13)23-18(27)14-9-15(17(21)26)25(24-14)12-5-3-11(20)4-6-12/h3-6,10,15H,2,7-9H2,1H3,(H2,21,26)(H,22,23,27)/t10-,15-/m0/s1. The number of hydrazone groups is 1. The third-order valence-electron chi connectivity index (χ3n) is 5.00. The normalized spacial score (nSPS) is 21.2. The molecule has 0 spiro atoms. The van der Waals surface area contributed by atoms with Crippen LogP contribution in [0.2, 0.25) is 0 Å². The summed E-state index contributed by atoms with van der Waals surface area (Å²) in [5, 5.41) is 8.98. The van der Waals surface area contributed by atoms with E-state index >= 15 is 0 Å². The second kappa shape index (κ2) is 7.31. The summed E-state index contributed by atoms with van der Waals surface area (Å²) in [6.45, 7) is 2.21. The zero-order valence-corrected chi connectivity index (χ0v) is 16.1. The number of thiazole rings is 1. The van der Waals surface area contributed by atoms with E-state index in [-0.39, 0.29) is 12.1 Å². The van der Waals surface area contributed by atoms with E-state index in [0.717, 1.165) is 25.0 Å². The lowest BCUT2D eigenvalue weighted by Crippen LogP contribution is -2.39. The summed E-state index contributed by atoms with van der Waals surface area (Å²) >= 11 is 1.49. The Labute approximate surface area is 165 Å². The molecule has 0 radical (unpaired) electrons. The van der Waals surface area contributed by atoms with Crippen LogP contribution in [-0.2, 0) is 22.4 Å². The van der Waals surface area contributed by atoms with Gasteiger partial charge in [-0.2, -0.15) is 5.10 Å². The van der Waals surface area contributed by atoms with Gasteiger partial charge in [-0.05, 0) is 49.4 Å². The van der Waals surface area contributed by atoms with Gasteiger partial charge in [-0.3, -0.25) is 19.9 Å². The van der Waals surface area contributed by atoms with Crippen molar-refractivity contribution < 1.29 is 14.0 Å². The number of hydrogen-bond donors (Lipinski definition) is 2. The first-order chi connectivity index (χ1) is 13.4. The van der Waals surface area contributed by atoms with Crippen LogP contribution in [0, 0.1) is 11.7 Å². The first kappa shape index (κ1) is 18.5. The fraction of sp³-hybridized carbons (Fsp3) is 0.368. The summed E-state index contributed by atoms with van der Waals surface area (Å²) in [7, 11) is 0. The van der Waals surface area contributed by atoms with Crippen molar-refractivity contribution in [3.63, 3.8) is 0 Å². The van der Waals surface area contributed by atoms with Crippen molar-refractivity contribution in [3.8, 4) is 0 Å². The molecule has 2 amide bonds. The Kier molecular flexibility index (Phi) is 4.84. The summed E-state index contributed by atoms with van der Waals surface area (Å²) in [4.78, 5) is 30.2. The number of rotatable bonds is 4. The second-order valence-corrected chi connectivity index (χ2v) is 8.26. The number of carbonyl (C=O) groups is 2. The number of aromatic nitrogens is 1. The van der Waals surface area contributed by atoms with E-state index in [0.29, 0.717) is 16.7 Å². The van der Waals surface area contributed by atoms with Crippen LogP contribution in [0.4, 0.5) is 15.2 Å². The number of nitrogens with one attached hydrogen (secondary N) is 1. The van der Waals surface area contributed by atoms with E-state index in [2.05, 4.69) is 22.3 Å². The average molecular weight is 401 g/mol. The van der Waals surface area contributed by atoms with E-state index in [1.54, 1.807) is 0 Å². The number of hydrogen-bond acceptors (Lipinski definition) is 6. The van der Waals surface area contributed by atoms with Gasteiger partial charge >= 0.3 is 0 Å². The molecule has 2 heterocycles. The lowest BCUT2D eigenvalue weighted by atomic mass is 9.93. The Morgan fingerprint density at radius 3 is 2.75 bits per heavy atom. The molecule has 2 aromatic rings. The average Bonchev–Trinajstić information content (AvgIpc) is 3.26. The molecule has 1 aliphatic heterocycles. The molecule has 3 N–H and O–H groups in total. The monoisotopic (exact) mass is 401 g/mol. The molecule has 9 heteroatoms. The number of primary amides is 1. The molecule has 2 atom stereocenters. The summed E-state index contributed by atoms with van der Waals surface area (Å²) in [5.41, 5.74) is 7.21. The van der Waals surface area contributed by atoms with Crippen LogP contribution in [0.25, 0.3) is 0 Å². The molecule has 28 heavy (non-hydrogen) atoms. The van der Waals surface area contributed by atoms with Crippen molar-refractivity contribution in [2.24, 2.45) is 16.8 Å². The van der Waals surface area contributed by atoms with Crippen molar-refractivity contribution in [2.45, 2.75) is 38.6 Å². The fourth-order valence-corrected chi connectivity index (χ4v) is 4.63. The number of nitrogens with two attached hydrogens (primary N) is 1. The maximum Gasteiger partial charge on any atom is 0.273 e. The van der Waals surface area contributed by atoms with Crippen LogP contribution in [0.5, 0.6) is 0 Å². The number of nitrogens with zero attached hydrogens (tertiary/aromatic N) is 3. The van der Waals surface area contributed by atoms with E-state index in [1.807, 2.05) is 0 Å². The highest BCUT2D eigenvalue weighted by atomic mass is 32.1. The van der Waals surface area contributed by atoms with Crippen LogP contribution < -0.4 is 16.1 Å². The zero-order chi connectivity index (χ0) is 19.8. The molecule has 1 aromatic heterocycles. The van der Waals surface area contributed by atoms with Gasteiger partial charge in [0.2, 0.25) is 5.91 Å².